The summed E-state index contributed by atoms with van der Waals surface area (Å²) in [6.07, 6.45) is 9.77. The first-order valence-electron chi connectivity index (χ1n) is 9.28. The van der Waals surface area contributed by atoms with E-state index < -0.39 is 0 Å². The van der Waals surface area contributed by atoms with Crippen molar-refractivity contribution in [2.75, 3.05) is 32.1 Å². The van der Waals surface area contributed by atoms with Crippen molar-refractivity contribution < 1.29 is 4.79 Å². The normalized spacial score (nSPS) is 21.9. The Morgan fingerprint density at radius 1 is 1.31 bits per heavy atom. The Labute approximate surface area is 154 Å². The monoisotopic (exact) mass is 354 g/mol. The number of hydrogen-bond acceptors (Lipinski definition) is 5. The minimum Gasteiger partial charge on any atom is -0.347 e. The third kappa shape index (κ3) is 2.85. The van der Waals surface area contributed by atoms with Gasteiger partial charge in [0.1, 0.15) is 12.4 Å². The molecule has 0 N–H and O–H groups in total. The Bertz CT molecular complexity index is 825. The number of nitrogens with zero attached hydrogens (tertiary/aromatic N) is 6. The van der Waals surface area contributed by atoms with Gasteiger partial charge in [-0.3, -0.25) is 4.79 Å². The predicted molar refractivity (Wildman–Crippen MR) is 99.1 cm³/mol. The topological polar surface area (TPSA) is 67.2 Å². The van der Waals surface area contributed by atoms with E-state index in [0.717, 1.165) is 56.2 Å². The third-order valence-electron chi connectivity index (χ3n) is 5.79. The van der Waals surface area contributed by atoms with Gasteiger partial charge >= 0.3 is 0 Å². The second kappa shape index (κ2) is 6.37. The van der Waals surface area contributed by atoms with Gasteiger partial charge in [0, 0.05) is 51.2 Å². The van der Waals surface area contributed by atoms with E-state index in [1.165, 1.54) is 5.56 Å². The fourth-order valence-corrected chi connectivity index (χ4v) is 4.31. The smallest absolute Gasteiger partial charge is 0.242 e. The lowest BCUT2D eigenvalue weighted by molar-refractivity contribution is -0.134. The molecule has 0 aromatic carbocycles. The fourth-order valence-electron chi connectivity index (χ4n) is 4.31. The first-order valence-corrected chi connectivity index (χ1v) is 9.28. The molecule has 1 unspecified atom stereocenters. The van der Waals surface area contributed by atoms with Gasteiger partial charge < -0.3 is 14.4 Å². The minimum atomic E-state index is -0.0130. The standard InChI is InChI=1S/C19H26N6O/c1-14-20-8-10-24(14)12-16(26)25-9-4-6-19(13-25)7-5-15-11-21-18(23(2)3)22-17(15)19/h8,10-11H,4-7,9,12-13H2,1-3H3. The molecule has 0 radical (unpaired) electrons. The Hall–Kier alpha value is -2.44. The van der Waals surface area contributed by atoms with Crippen LogP contribution in [0.25, 0.3) is 0 Å². The van der Waals surface area contributed by atoms with Crippen molar-refractivity contribution in [3.8, 4) is 0 Å². The van der Waals surface area contributed by atoms with Gasteiger partial charge in [0.15, 0.2) is 0 Å². The molecule has 0 bridgehead atoms. The molecule has 1 aliphatic heterocycles. The second-order valence-corrected chi connectivity index (χ2v) is 7.74. The first-order chi connectivity index (χ1) is 12.5. The van der Waals surface area contributed by atoms with E-state index in [9.17, 15) is 4.79 Å². The fraction of sp³-hybridized carbons (Fsp3) is 0.579. The van der Waals surface area contributed by atoms with Gasteiger partial charge in [-0.15, -0.1) is 0 Å². The zero-order valence-corrected chi connectivity index (χ0v) is 15.8. The third-order valence-corrected chi connectivity index (χ3v) is 5.79. The summed E-state index contributed by atoms with van der Waals surface area (Å²) in [5, 5.41) is 0. The molecule has 4 rings (SSSR count). The molecule has 0 saturated carbocycles. The average molecular weight is 354 g/mol. The van der Waals surface area contributed by atoms with Crippen LogP contribution in [0.5, 0.6) is 0 Å². The van der Waals surface area contributed by atoms with Gasteiger partial charge in [0.2, 0.25) is 11.9 Å². The van der Waals surface area contributed by atoms with Crippen molar-refractivity contribution in [2.45, 2.75) is 44.6 Å². The van der Waals surface area contributed by atoms with Crippen molar-refractivity contribution in [3.05, 3.63) is 35.7 Å². The van der Waals surface area contributed by atoms with E-state index in [1.54, 1.807) is 6.20 Å². The molecule has 26 heavy (non-hydrogen) atoms. The lowest BCUT2D eigenvalue weighted by Gasteiger charge is -2.40. The van der Waals surface area contributed by atoms with Gasteiger partial charge in [0.05, 0.1) is 5.69 Å². The number of carbonyl (C=O) groups excluding carboxylic acids is 1. The Morgan fingerprint density at radius 2 is 2.15 bits per heavy atom. The number of carbonyl (C=O) groups is 1. The number of aromatic nitrogens is 4. The second-order valence-electron chi connectivity index (χ2n) is 7.74. The van der Waals surface area contributed by atoms with Crippen molar-refractivity contribution in [3.63, 3.8) is 0 Å². The zero-order valence-electron chi connectivity index (χ0n) is 15.8. The molecule has 2 aliphatic rings. The maximum atomic E-state index is 12.9. The molecule has 7 heteroatoms. The highest BCUT2D eigenvalue weighted by molar-refractivity contribution is 5.76. The Morgan fingerprint density at radius 3 is 2.88 bits per heavy atom. The van der Waals surface area contributed by atoms with Crippen LogP contribution in [-0.2, 0) is 23.2 Å². The Kier molecular flexibility index (Phi) is 4.17. The summed E-state index contributed by atoms with van der Waals surface area (Å²) in [5.41, 5.74) is 2.39. The average Bonchev–Trinajstić information content (AvgIpc) is 3.19. The van der Waals surface area contributed by atoms with E-state index in [4.69, 9.17) is 4.98 Å². The van der Waals surface area contributed by atoms with Crippen LogP contribution in [0.1, 0.15) is 36.3 Å². The number of aryl methyl sites for hydroxylation is 2. The van der Waals surface area contributed by atoms with Gasteiger partial charge in [-0.1, -0.05) is 0 Å². The molecule has 3 heterocycles. The zero-order chi connectivity index (χ0) is 18.3. The summed E-state index contributed by atoms with van der Waals surface area (Å²) in [4.78, 5) is 30.4. The number of amides is 1. The summed E-state index contributed by atoms with van der Waals surface area (Å²) in [5.74, 6) is 1.79. The number of imidazole rings is 1. The quantitative estimate of drug-likeness (QED) is 0.837. The van der Waals surface area contributed by atoms with E-state index in [-0.39, 0.29) is 11.3 Å². The molecule has 1 amide bonds. The number of likely N-dealkylation sites (tertiary alicyclic amines) is 1. The maximum Gasteiger partial charge on any atom is 0.242 e. The highest BCUT2D eigenvalue weighted by Crippen LogP contribution is 2.44. The molecule has 1 spiro atoms. The summed E-state index contributed by atoms with van der Waals surface area (Å²) in [6.45, 7) is 3.88. The first kappa shape index (κ1) is 17.0. The summed E-state index contributed by atoms with van der Waals surface area (Å²) in [7, 11) is 3.93. The number of rotatable bonds is 3. The molecule has 2 aromatic heterocycles. The van der Waals surface area contributed by atoms with Crippen molar-refractivity contribution in [1.82, 2.24) is 24.4 Å². The SMILES string of the molecule is Cc1nccn1CC(=O)N1CCCC2(CCc3cnc(N(C)C)nc32)C1. The Balaban J connectivity index is 1.57. The van der Waals surface area contributed by atoms with Crippen molar-refractivity contribution >= 4 is 11.9 Å². The van der Waals surface area contributed by atoms with Gasteiger partial charge in [-0.05, 0) is 38.2 Å². The number of piperidine rings is 1. The lowest BCUT2D eigenvalue weighted by Crippen LogP contribution is -2.49. The molecule has 7 nitrogen and oxygen atoms in total. The van der Waals surface area contributed by atoms with Crippen LogP contribution < -0.4 is 4.90 Å². The van der Waals surface area contributed by atoms with Gasteiger partial charge in [0.25, 0.3) is 0 Å². The number of anilines is 1. The molecule has 1 fully saturated rings. The van der Waals surface area contributed by atoms with E-state index in [0.29, 0.717) is 6.54 Å². The molecule has 1 saturated heterocycles. The highest BCUT2D eigenvalue weighted by atomic mass is 16.2. The van der Waals surface area contributed by atoms with Crippen LogP contribution in [0.4, 0.5) is 5.95 Å². The van der Waals surface area contributed by atoms with Crippen LogP contribution in [0.2, 0.25) is 0 Å². The van der Waals surface area contributed by atoms with Crippen LogP contribution in [0.15, 0.2) is 18.6 Å². The van der Waals surface area contributed by atoms with Crippen LogP contribution in [-0.4, -0.2) is 57.5 Å². The molecular formula is C19H26N6O. The molecule has 1 aliphatic carbocycles. The molecule has 2 aromatic rings. The van der Waals surface area contributed by atoms with E-state index >= 15 is 0 Å². The van der Waals surface area contributed by atoms with Crippen molar-refractivity contribution in [1.29, 1.82) is 0 Å². The van der Waals surface area contributed by atoms with E-state index in [2.05, 4.69) is 9.97 Å². The van der Waals surface area contributed by atoms with Gasteiger partial charge in [-0.2, -0.15) is 0 Å². The summed E-state index contributed by atoms with van der Waals surface area (Å²) >= 11 is 0. The number of fused-ring (bicyclic) bond motifs is 2. The number of hydrogen-bond donors (Lipinski definition) is 0. The molecule has 138 valence electrons. The minimum absolute atomic E-state index is 0.0130. The van der Waals surface area contributed by atoms with Crippen LogP contribution in [0, 0.1) is 6.92 Å². The maximum absolute atomic E-state index is 12.9. The largest absolute Gasteiger partial charge is 0.347 e. The van der Waals surface area contributed by atoms with Crippen LogP contribution in [0.3, 0.4) is 0 Å². The molecule has 1 atom stereocenters. The summed E-state index contributed by atoms with van der Waals surface area (Å²) < 4.78 is 1.92. The van der Waals surface area contributed by atoms with Gasteiger partial charge in [-0.25, -0.2) is 15.0 Å². The molecular weight excluding hydrogens is 328 g/mol. The van der Waals surface area contributed by atoms with E-state index in [1.807, 2.05) is 47.8 Å². The summed E-state index contributed by atoms with van der Waals surface area (Å²) in [6, 6.07) is 0. The predicted octanol–water partition coefficient (Wildman–Crippen LogP) is 1.55. The van der Waals surface area contributed by atoms with Crippen molar-refractivity contribution in [2.24, 2.45) is 0 Å². The highest BCUT2D eigenvalue weighted by Gasteiger charge is 2.44. The van der Waals surface area contributed by atoms with Crippen LogP contribution >= 0.6 is 0 Å². The lowest BCUT2D eigenvalue weighted by atomic mass is 9.77.